The minimum Gasteiger partial charge on any atom is -0.357 e. The number of carbonyl (C=O) groups excluding carboxylic acids is 2. The van der Waals surface area contributed by atoms with Gasteiger partial charge in [0, 0.05) is 44.4 Å². The standard InChI is InChI=1S/C21H33N3O2/c1-24-12-11-17(15-24)14-22-21(26)18-7-9-19(10-8-18)23-20(25)13-16-5-3-2-4-6-16/h11-12,15-16,18-19H,2-10,13-14H2,1H3,(H,22,26)(H,23,25). The molecule has 2 aliphatic rings. The topological polar surface area (TPSA) is 63.1 Å². The third-order valence-electron chi connectivity index (χ3n) is 6.02. The fourth-order valence-corrected chi connectivity index (χ4v) is 4.44. The number of aryl methyl sites for hydroxylation is 1. The first kappa shape index (κ1) is 19.0. The van der Waals surface area contributed by atoms with Crippen LogP contribution in [0.3, 0.4) is 0 Å². The molecule has 2 amide bonds. The van der Waals surface area contributed by atoms with Crippen LogP contribution in [0.25, 0.3) is 0 Å². The molecular weight excluding hydrogens is 326 g/mol. The summed E-state index contributed by atoms with van der Waals surface area (Å²) in [5.74, 6) is 1.05. The Kier molecular flexibility index (Phi) is 6.75. The van der Waals surface area contributed by atoms with Crippen molar-refractivity contribution in [1.29, 1.82) is 0 Å². The van der Waals surface area contributed by atoms with Gasteiger partial charge in [-0.2, -0.15) is 0 Å². The molecule has 0 atom stereocenters. The molecule has 0 bridgehead atoms. The van der Waals surface area contributed by atoms with Gasteiger partial charge in [-0.1, -0.05) is 19.3 Å². The number of carbonyl (C=O) groups is 2. The summed E-state index contributed by atoms with van der Waals surface area (Å²) in [6, 6.07) is 2.28. The zero-order valence-corrected chi connectivity index (χ0v) is 16.0. The van der Waals surface area contributed by atoms with Crippen molar-refractivity contribution in [2.45, 2.75) is 76.8 Å². The van der Waals surface area contributed by atoms with E-state index in [0.29, 0.717) is 18.9 Å². The van der Waals surface area contributed by atoms with Crippen LogP contribution in [0.15, 0.2) is 18.5 Å². The maximum absolute atomic E-state index is 12.4. The van der Waals surface area contributed by atoms with E-state index < -0.39 is 0 Å². The van der Waals surface area contributed by atoms with E-state index >= 15 is 0 Å². The van der Waals surface area contributed by atoms with Crippen molar-refractivity contribution in [2.75, 3.05) is 0 Å². The summed E-state index contributed by atoms with van der Waals surface area (Å²) in [6.07, 6.45) is 14.6. The first-order chi connectivity index (χ1) is 12.6. The molecule has 3 rings (SSSR count). The molecule has 1 aromatic rings. The number of hydrogen-bond acceptors (Lipinski definition) is 2. The molecule has 1 heterocycles. The molecule has 0 aromatic carbocycles. The van der Waals surface area contributed by atoms with E-state index in [1.807, 2.05) is 30.1 Å². The third-order valence-corrected chi connectivity index (χ3v) is 6.02. The fourth-order valence-electron chi connectivity index (χ4n) is 4.44. The average molecular weight is 360 g/mol. The second-order valence-electron chi connectivity index (χ2n) is 8.23. The highest BCUT2D eigenvalue weighted by molar-refractivity contribution is 5.79. The molecule has 5 heteroatoms. The number of rotatable bonds is 6. The van der Waals surface area contributed by atoms with E-state index in [9.17, 15) is 9.59 Å². The molecular formula is C21H33N3O2. The molecule has 0 radical (unpaired) electrons. The Balaban J connectivity index is 1.34. The summed E-state index contributed by atoms with van der Waals surface area (Å²) in [4.78, 5) is 24.6. The molecule has 2 saturated carbocycles. The molecule has 1 aromatic heterocycles. The molecule has 0 unspecified atom stereocenters. The van der Waals surface area contributed by atoms with Gasteiger partial charge in [-0.15, -0.1) is 0 Å². The predicted octanol–water partition coefficient (Wildman–Crippen LogP) is 3.29. The Hall–Kier alpha value is -1.78. The van der Waals surface area contributed by atoms with Gasteiger partial charge in [0.05, 0.1) is 0 Å². The van der Waals surface area contributed by atoms with Crippen molar-refractivity contribution in [3.8, 4) is 0 Å². The van der Waals surface area contributed by atoms with Gasteiger partial charge in [-0.05, 0) is 56.1 Å². The van der Waals surface area contributed by atoms with Crippen LogP contribution in [0, 0.1) is 11.8 Å². The second-order valence-corrected chi connectivity index (χ2v) is 8.23. The minimum absolute atomic E-state index is 0.0882. The van der Waals surface area contributed by atoms with Crippen LogP contribution in [0.4, 0.5) is 0 Å². The minimum atomic E-state index is 0.0882. The Morgan fingerprint density at radius 1 is 1.08 bits per heavy atom. The number of nitrogens with one attached hydrogen (secondary N) is 2. The van der Waals surface area contributed by atoms with Gasteiger partial charge in [0.1, 0.15) is 0 Å². The summed E-state index contributed by atoms with van der Waals surface area (Å²) < 4.78 is 1.99. The van der Waals surface area contributed by atoms with E-state index in [1.165, 1.54) is 32.1 Å². The Morgan fingerprint density at radius 2 is 1.81 bits per heavy atom. The number of nitrogens with zero attached hydrogens (tertiary/aromatic N) is 1. The monoisotopic (exact) mass is 359 g/mol. The highest BCUT2D eigenvalue weighted by atomic mass is 16.2. The smallest absolute Gasteiger partial charge is 0.223 e. The van der Waals surface area contributed by atoms with Gasteiger partial charge in [0.2, 0.25) is 11.8 Å². The van der Waals surface area contributed by atoms with E-state index in [0.717, 1.165) is 31.2 Å². The van der Waals surface area contributed by atoms with Gasteiger partial charge in [0.25, 0.3) is 0 Å². The van der Waals surface area contributed by atoms with Crippen LogP contribution in [0.5, 0.6) is 0 Å². The first-order valence-corrected chi connectivity index (χ1v) is 10.3. The van der Waals surface area contributed by atoms with Crippen molar-refractivity contribution in [3.05, 3.63) is 24.0 Å². The predicted molar refractivity (Wildman–Crippen MR) is 102 cm³/mol. The van der Waals surface area contributed by atoms with Gasteiger partial charge in [0.15, 0.2) is 0 Å². The molecule has 0 saturated heterocycles. The zero-order chi connectivity index (χ0) is 18.4. The van der Waals surface area contributed by atoms with Crippen molar-refractivity contribution in [3.63, 3.8) is 0 Å². The van der Waals surface area contributed by atoms with Gasteiger partial charge < -0.3 is 15.2 Å². The largest absolute Gasteiger partial charge is 0.357 e. The van der Waals surface area contributed by atoms with Crippen LogP contribution in [0.1, 0.15) is 69.8 Å². The van der Waals surface area contributed by atoms with Crippen molar-refractivity contribution in [2.24, 2.45) is 18.9 Å². The third kappa shape index (κ3) is 5.61. The van der Waals surface area contributed by atoms with Crippen LogP contribution in [0.2, 0.25) is 0 Å². The summed E-state index contributed by atoms with van der Waals surface area (Å²) in [5.41, 5.74) is 1.13. The Bertz CT molecular complexity index is 596. The van der Waals surface area contributed by atoms with Crippen LogP contribution < -0.4 is 10.6 Å². The molecule has 2 fully saturated rings. The van der Waals surface area contributed by atoms with Crippen LogP contribution >= 0.6 is 0 Å². The highest BCUT2D eigenvalue weighted by Gasteiger charge is 2.27. The zero-order valence-electron chi connectivity index (χ0n) is 16.0. The molecule has 0 spiro atoms. The van der Waals surface area contributed by atoms with Crippen LogP contribution in [-0.4, -0.2) is 22.4 Å². The molecule has 0 aliphatic heterocycles. The Morgan fingerprint density at radius 3 is 2.46 bits per heavy atom. The number of aromatic nitrogens is 1. The number of hydrogen-bond donors (Lipinski definition) is 2. The quantitative estimate of drug-likeness (QED) is 0.819. The van der Waals surface area contributed by atoms with E-state index in [2.05, 4.69) is 10.6 Å². The first-order valence-electron chi connectivity index (χ1n) is 10.3. The average Bonchev–Trinajstić information content (AvgIpc) is 3.06. The lowest BCUT2D eigenvalue weighted by Crippen LogP contribution is -2.41. The van der Waals surface area contributed by atoms with Crippen molar-refractivity contribution < 1.29 is 9.59 Å². The van der Waals surface area contributed by atoms with E-state index in [4.69, 9.17) is 0 Å². The molecule has 5 nitrogen and oxygen atoms in total. The Labute approximate surface area is 156 Å². The second kappa shape index (κ2) is 9.24. The van der Waals surface area contributed by atoms with E-state index in [1.54, 1.807) is 0 Å². The van der Waals surface area contributed by atoms with Gasteiger partial charge >= 0.3 is 0 Å². The maximum atomic E-state index is 12.4. The van der Waals surface area contributed by atoms with Gasteiger partial charge in [-0.3, -0.25) is 9.59 Å². The summed E-state index contributed by atoms with van der Waals surface area (Å²) in [7, 11) is 1.98. The highest BCUT2D eigenvalue weighted by Crippen LogP contribution is 2.27. The van der Waals surface area contributed by atoms with Crippen LogP contribution in [-0.2, 0) is 23.2 Å². The fraction of sp³-hybridized carbons (Fsp3) is 0.714. The molecule has 144 valence electrons. The lowest BCUT2D eigenvalue weighted by atomic mass is 9.84. The van der Waals surface area contributed by atoms with E-state index in [-0.39, 0.29) is 23.8 Å². The maximum Gasteiger partial charge on any atom is 0.223 e. The lowest BCUT2D eigenvalue weighted by Gasteiger charge is -2.29. The summed E-state index contributed by atoms with van der Waals surface area (Å²) >= 11 is 0. The van der Waals surface area contributed by atoms with Crippen molar-refractivity contribution in [1.82, 2.24) is 15.2 Å². The molecule has 2 N–H and O–H groups in total. The lowest BCUT2D eigenvalue weighted by molar-refractivity contribution is -0.126. The normalized spacial score (nSPS) is 24.2. The molecule has 2 aliphatic carbocycles. The van der Waals surface area contributed by atoms with Gasteiger partial charge in [-0.25, -0.2) is 0 Å². The van der Waals surface area contributed by atoms with Crippen molar-refractivity contribution >= 4 is 11.8 Å². The summed E-state index contributed by atoms with van der Waals surface area (Å²) in [5, 5.41) is 6.27. The SMILES string of the molecule is Cn1ccc(CNC(=O)C2CCC(NC(=O)CC3CCCCC3)CC2)c1. The number of amides is 2. The molecule has 26 heavy (non-hydrogen) atoms. The summed E-state index contributed by atoms with van der Waals surface area (Å²) in [6.45, 7) is 0.595.